The highest BCUT2D eigenvalue weighted by molar-refractivity contribution is 5.94. The molecule has 1 aliphatic heterocycles. The molecule has 2 heterocycles. The first-order valence-corrected chi connectivity index (χ1v) is 8.26. The Morgan fingerprint density at radius 2 is 2.26 bits per heavy atom. The van der Waals surface area contributed by atoms with Gasteiger partial charge in [-0.3, -0.25) is 9.89 Å². The van der Waals surface area contributed by atoms with Gasteiger partial charge in [-0.15, -0.1) is 0 Å². The molecule has 7 heteroatoms. The minimum atomic E-state index is -0.866. The number of aromatic nitrogens is 2. The number of rotatable bonds is 5. The molecule has 0 saturated heterocycles. The maximum atomic E-state index is 12.4. The number of carbonyl (C=O) groups is 1. The quantitative estimate of drug-likeness (QED) is 0.754. The van der Waals surface area contributed by atoms with Crippen molar-refractivity contribution in [2.24, 2.45) is 0 Å². The molecule has 1 aliphatic carbocycles. The molecule has 128 valence electrons. The number of aromatic amines is 1. The Bertz CT molecular complexity index is 580. The van der Waals surface area contributed by atoms with E-state index in [1.54, 1.807) is 0 Å². The number of nitrogens with one attached hydrogen (secondary N) is 2. The fourth-order valence-corrected chi connectivity index (χ4v) is 3.48. The fraction of sp³-hybridized carbons (Fsp3) is 0.750. The summed E-state index contributed by atoms with van der Waals surface area (Å²) < 4.78 is 11.2. The largest absolute Gasteiger partial charge is 0.388 e. The van der Waals surface area contributed by atoms with Gasteiger partial charge in [-0.25, -0.2) is 0 Å². The average molecular weight is 323 g/mol. The maximum Gasteiger partial charge on any atom is 0.272 e. The summed E-state index contributed by atoms with van der Waals surface area (Å²) in [6.07, 6.45) is 1.84. The molecule has 1 fully saturated rings. The highest BCUT2D eigenvalue weighted by Crippen LogP contribution is 2.34. The van der Waals surface area contributed by atoms with Crippen molar-refractivity contribution in [1.29, 1.82) is 0 Å². The zero-order valence-electron chi connectivity index (χ0n) is 13.9. The van der Waals surface area contributed by atoms with Gasteiger partial charge in [0.15, 0.2) is 5.69 Å². The summed E-state index contributed by atoms with van der Waals surface area (Å²) in [6, 6.07) is 0. The van der Waals surface area contributed by atoms with Crippen molar-refractivity contribution in [3.8, 4) is 0 Å². The summed E-state index contributed by atoms with van der Waals surface area (Å²) in [7, 11) is 0. The van der Waals surface area contributed by atoms with Crippen LogP contribution in [0.2, 0.25) is 0 Å². The lowest BCUT2D eigenvalue weighted by Gasteiger charge is -2.43. The van der Waals surface area contributed by atoms with Crippen LogP contribution >= 0.6 is 0 Å². The standard InChI is InChI=1S/C16H25N3O4/c1-4-22-11-6-16(21,7-11)8-17-15(20)14-12-5-9(2)23-10(3)13(12)18-19-14/h9-11,21H,4-8H2,1-3H3,(H,17,20)(H,18,19)/t9-,10+,11?,16?/m0/s1. The summed E-state index contributed by atoms with van der Waals surface area (Å²) in [6.45, 7) is 6.73. The molecule has 7 nitrogen and oxygen atoms in total. The van der Waals surface area contributed by atoms with E-state index in [0.717, 1.165) is 11.3 Å². The monoisotopic (exact) mass is 323 g/mol. The lowest BCUT2D eigenvalue weighted by atomic mass is 9.77. The molecular formula is C16H25N3O4. The Balaban J connectivity index is 1.60. The second-order valence-electron chi connectivity index (χ2n) is 6.65. The van der Waals surface area contributed by atoms with Gasteiger partial charge in [0.25, 0.3) is 5.91 Å². The predicted octanol–water partition coefficient (Wildman–Crippen LogP) is 1.09. The van der Waals surface area contributed by atoms with E-state index < -0.39 is 5.60 Å². The van der Waals surface area contributed by atoms with E-state index in [0.29, 0.717) is 31.6 Å². The summed E-state index contributed by atoms with van der Waals surface area (Å²) in [5.74, 6) is -0.253. The Morgan fingerprint density at radius 3 is 2.96 bits per heavy atom. The number of fused-ring (bicyclic) bond motifs is 1. The molecule has 3 N–H and O–H groups in total. The van der Waals surface area contributed by atoms with Crippen molar-refractivity contribution in [2.45, 2.75) is 63.9 Å². The molecule has 2 aliphatic rings. The first-order valence-electron chi connectivity index (χ1n) is 8.26. The summed E-state index contributed by atoms with van der Waals surface area (Å²) in [4.78, 5) is 12.4. The number of carbonyl (C=O) groups excluding carboxylic acids is 1. The molecule has 0 bridgehead atoms. The van der Waals surface area contributed by atoms with Crippen molar-refractivity contribution in [2.75, 3.05) is 13.2 Å². The summed E-state index contributed by atoms with van der Waals surface area (Å²) in [5.41, 5.74) is 1.33. The zero-order chi connectivity index (χ0) is 16.6. The average Bonchev–Trinajstić information content (AvgIpc) is 2.87. The topological polar surface area (TPSA) is 96.5 Å². The number of nitrogens with zero attached hydrogens (tertiary/aromatic N) is 1. The Labute approximate surface area is 135 Å². The van der Waals surface area contributed by atoms with Crippen LogP contribution in [0.5, 0.6) is 0 Å². The third kappa shape index (κ3) is 3.27. The highest BCUT2D eigenvalue weighted by atomic mass is 16.5. The van der Waals surface area contributed by atoms with E-state index in [-0.39, 0.29) is 30.8 Å². The van der Waals surface area contributed by atoms with Gasteiger partial charge in [-0.05, 0) is 20.8 Å². The van der Waals surface area contributed by atoms with Gasteiger partial charge in [-0.2, -0.15) is 5.10 Å². The number of hydrogen-bond acceptors (Lipinski definition) is 5. The van der Waals surface area contributed by atoms with Crippen molar-refractivity contribution >= 4 is 5.91 Å². The normalized spacial score (nSPS) is 33.0. The molecule has 0 aromatic carbocycles. The molecule has 23 heavy (non-hydrogen) atoms. The van der Waals surface area contributed by atoms with Crippen LogP contribution in [0, 0.1) is 0 Å². The van der Waals surface area contributed by atoms with E-state index >= 15 is 0 Å². The molecule has 2 atom stereocenters. The van der Waals surface area contributed by atoms with Crippen LogP contribution in [-0.4, -0.2) is 52.2 Å². The van der Waals surface area contributed by atoms with E-state index in [4.69, 9.17) is 9.47 Å². The van der Waals surface area contributed by atoms with Crippen LogP contribution in [0.3, 0.4) is 0 Å². The first-order chi connectivity index (χ1) is 10.9. The van der Waals surface area contributed by atoms with Gasteiger partial charge < -0.3 is 19.9 Å². The second-order valence-corrected chi connectivity index (χ2v) is 6.65. The molecule has 1 saturated carbocycles. The van der Waals surface area contributed by atoms with Crippen LogP contribution < -0.4 is 5.32 Å². The van der Waals surface area contributed by atoms with Crippen LogP contribution in [0.15, 0.2) is 0 Å². The van der Waals surface area contributed by atoms with Gasteiger partial charge in [0.2, 0.25) is 0 Å². The van der Waals surface area contributed by atoms with Gasteiger partial charge in [0.1, 0.15) is 0 Å². The fourth-order valence-electron chi connectivity index (χ4n) is 3.48. The van der Waals surface area contributed by atoms with Gasteiger partial charge in [0, 0.05) is 38.0 Å². The third-order valence-corrected chi connectivity index (χ3v) is 4.64. The van der Waals surface area contributed by atoms with Crippen molar-refractivity contribution < 1.29 is 19.4 Å². The van der Waals surface area contributed by atoms with Crippen molar-refractivity contribution in [3.63, 3.8) is 0 Å². The number of ether oxygens (including phenoxy) is 2. The number of amides is 1. The molecule has 1 amide bonds. The SMILES string of the molecule is CCOC1CC(O)(CNC(=O)c2n[nH]c3c2C[C@H](C)O[C@@H]3C)C1. The van der Waals surface area contributed by atoms with Crippen molar-refractivity contribution in [3.05, 3.63) is 17.0 Å². The Morgan fingerprint density at radius 1 is 1.52 bits per heavy atom. The molecule has 0 spiro atoms. The molecule has 1 aromatic rings. The van der Waals surface area contributed by atoms with E-state index in [1.807, 2.05) is 20.8 Å². The smallest absolute Gasteiger partial charge is 0.272 e. The predicted molar refractivity (Wildman–Crippen MR) is 83.2 cm³/mol. The Kier molecular flexibility index (Phi) is 4.44. The summed E-state index contributed by atoms with van der Waals surface area (Å²) in [5, 5.41) is 20.2. The lowest BCUT2D eigenvalue weighted by molar-refractivity contribution is -0.133. The van der Waals surface area contributed by atoms with E-state index in [1.165, 1.54) is 0 Å². The number of aliphatic hydroxyl groups is 1. The molecular weight excluding hydrogens is 298 g/mol. The van der Waals surface area contributed by atoms with E-state index in [9.17, 15) is 9.90 Å². The lowest BCUT2D eigenvalue weighted by Crippen LogP contribution is -2.55. The minimum Gasteiger partial charge on any atom is -0.388 e. The summed E-state index contributed by atoms with van der Waals surface area (Å²) >= 11 is 0. The molecule has 0 radical (unpaired) electrons. The van der Waals surface area contributed by atoms with Crippen LogP contribution in [0.25, 0.3) is 0 Å². The van der Waals surface area contributed by atoms with Gasteiger partial charge in [0.05, 0.1) is 29.6 Å². The zero-order valence-corrected chi connectivity index (χ0v) is 13.9. The number of H-pyrrole nitrogens is 1. The van der Waals surface area contributed by atoms with Gasteiger partial charge in [-0.1, -0.05) is 0 Å². The molecule has 0 unspecified atom stereocenters. The van der Waals surface area contributed by atoms with Crippen LogP contribution in [0.4, 0.5) is 0 Å². The van der Waals surface area contributed by atoms with Gasteiger partial charge >= 0.3 is 0 Å². The third-order valence-electron chi connectivity index (χ3n) is 4.64. The van der Waals surface area contributed by atoms with Crippen LogP contribution in [-0.2, 0) is 15.9 Å². The second kappa shape index (κ2) is 6.22. The van der Waals surface area contributed by atoms with Crippen LogP contribution in [0.1, 0.15) is 61.5 Å². The van der Waals surface area contributed by atoms with E-state index in [2.05, 4.69) is 15.5 Å². The first kappa shape index (κ1) is 16.4. The molecule has 1 aromatic heterocycles. The minimum absolute atomic E-state index is 0.0596. The maximum absolute atomic E-state index is 12.4. The highest BCUT2D eigenvalue weighted by Gasteiger charge is 2.43. The molecule has 3 rings (SSSR count). The van der Waals surface area contributed by atoms with Crippen molar-refractivity contribution in [1.82, 2.24) is 15.5 Å². The number of hydrogen-bond donors (Lipinski definition) is 3. The Hall–Kier alpha value is -1.44.